The van der Waals surface area contributed by atoms with E-state index in [2.05, 4.69) is 14.7 Å². The molecule has 14 heteroatoms. The van der Waals surface area contributed by atoms with E-state index < -0.39 is 53.5 Å². The SMILES string of the molecule is NC(=O)Oc1cc(F)c(-c2cc3ncnc(OCC(F)(F)F)c3n2-c2ccc(OCc3ccccc3)c(F)c2)c(F)c1. The molecule has 0 saturated heterocycles. The van der Waals surface area contributed by atoms with Crippen LogP contribution < -0.4 is 19.9 Å². The molecule has 0 atom stereocenters. The van der Waals surface area contributed by atoms with Crippen LogP contribution in [0.4, 0.5) is 31.1 Å². The molecule has 0 fully saturated rings. The molecule has 0 aliphatic heterocycles. The average molecular weight is 588 g/mol. The van der Waals surface area contributed by atoms with Crippen LogP contribution >= 0.6 is 0 Å². The van der Waals surface area contributed by atoms with Gasteiger partial charge < -0.3 is 24.5 Å². The smallest absolute Gasteiger partial charge is 0.422 e. The van der Waals surface area contributed by atoms with Crippen molar-refractivity contribution in [2.24, 2.45) is 5.73 Å². The minimum Gasteiger partial charge on any atom is -0.486 e. The number of carbonyl (C=O) groups is 1. The minimum atomic E-state index is -4.74. The minimum absolute atomic E-state index is 0.0359. The first-order valence-electron chi connectivity index (χ1n) is 12.0. The number of aromatic nitrogens is 3. The summed E-state index contributed by atoms with van der Waals surface area (Å²) in [5, 5.41) is 0. The molecule has 0 saturated carbocycles. The monoisotopic (exact) mass is 588 g/mol. The number of rotatable bonds is 8. The Balaban J connectivity index is 1.66. The van der Waals surface area contributed by atoms with Crippen LogP contribution in [0.3, 0.4) is 0 Å². The molecule has 2 N–H and O–H groups in total. The van der Waals surface area contributed by atoms with Gasteiger partial charge in [-0.2, -0.15) is 18.2 Å². The number of fused-ring (bicyclic) bond motifs is 1. The summed E-state index contributed by atoms with van der Waals surface area (Å²) in [6.07, 6.45) is -5.15. The highest BCUT2D eigenvalue weighted by Crippen LogP contribution is 2.39. The fourth-order valence-electron chi connectivity index (χ4n) is 4.16. The van der Waals surface area contributed by atoms with Gasteiger partial charge in [-0.15, -0.1) is 0 Å². The van der Waals surface area contributed by atoms with Crippen molar-refractivity contribution in [3.63, 3.8) is 0 Å². The summed E-state index contributed by atoms with van der Waals surface area (Å²) in [7, 11) is 0. The Morgan fingerprint density at radius 2 is 1.60 bits per heavy atom. The predicted molar refractivity (Wildman–Crippen MR) is 137 cm³/mol. The Kier molecular flexibility index (Phi) is 7.61. The van der Waals surface area contributed by atoms with Gasteiger partial charge in [0.1, 0.15) is 35.8 Å². The van der Waals surface area contributed by atoms with Crippen molar-refractivity contribution >= 4 is 17.1 Å². The van der Waals surface area contributed by atoms with E-state index in [1.165, 1.54) is 12.1 Å². The van der Waals surface area contributed by atoms with Crippen molar-refractivity contribution in [2.75, 3.05) is 6.61 Å². The molecule has 5 aromatic rings. The molecule has 1 amide bonds. The first-order valence-corrected chi connectivity index (χ1v) is 12.0. The molecule has 3 aromatic carbocycles. The zero-order valence-corrected chi connectivity index (χ0v) is 21.2. The Bertz CT molecular complexity index is 1750. The second-order valence-electron chi connectivity index (χ2n) is 8.75. The molecule has 0 aliphatic carbocycles. The molecule has 42 heavy (non-hydrogen) atoms. The standard InChI is InChI=1S/C28H18F6N4O4/c29-18-8-16(6-7-23(18)40-12-15-4-2-1-3-5-15)38-22(24-19(30)9-17(10-20(24)31)42-27(35)39)11-21-25(38)26(37-14-36-21)41-13-28(32,33)34/h1-11,14H,12-13H2,(H2,35,39). The Hall–Kier alpha value is -5.27. The van der Waals surface area contributed by atoms with E-state index >= 15 is 13.2 Å². The van der Waals surface area contributed by atoms with Crippen molar-refractivity contribution in [1.29, 1.82) is 0 Å². The van der Waals surface area contributed by atoms with E-state index in [0.717, 1.165) is 28.6 Å². The third-order valence-electron chi connectivity index (χ3n) is 5.83. The second-order valence-corrected chi connectivity index (χ2v) is 8.75. The molecule has 2 heterocycles. The van der Waals surface area contributed by atoms with Gasteiger partial charge in [0.2, 0.25) is 5.88 Å². The molecule has 0 bridgehead atoms. The maximum absolute atomic E-state index is 15.3. The highest BCUT2D eigenvalue weighted by atomic mass is 19.4. The van der Waals surface area contributed by atoms with E-state index in [1.807, 2.05) is 0 Å². The van der Waals surface area contributed by atoms with Gasteiger partial charge in [-0.1, -0.05) is 30.3 Å². The molecular weight excluding hydrogens is 570 g/mol. The number of benzene rings is 3. The largest absolute Gasteiger partial charge is 0.486 e. The Morgan fingerprint density at radius 1 is 0.881 bits per heavy atom. The summed E-state index contributed by atoms with van der Waals surface area (Å²) in [5.41, 5.74) is 4.31. The number of nitrogens with two attached hydrogens (primary N) is 1. The summed E-state index contributed by atoms with van der Waals surface area (Å²) in [5.74, 6) is -4.62. The van der Waals surface area contributed by atoms with E-state index in [9.17, 15) is 18.0 Å². The number of alkyl halides is 3. The quantitative estimate of drug-likeness (QED) is 0.208. The van der Waals surface area contributed by atoms with Gasteiger partial charge in [0.15, 0.2) is 18.2 Å². The normalized spacial score (nSPS) is 11.5. The number of primary amides is 1. The van der Waals surface area contributed by atoms with E-state index in [-0.39, 0.29) is 34.8 Å². The number of hydrogen-bond donors (Lipinski definition) is 1. The molecule has 0 radical (unpaired) electrons. The van der Waals surface area contributed by atoms with Crippen LogP contribution in [0.25, 0.3) is 28.0 Å². The van der Waals surface area contributed by atoms with Gasteiger partial charge in [0.05, 0.1) is 16.8 Å². The molecule has 5 rings (SSSR count). The predicted octanol–water partition coefficient (Wildman–Crippen LogP) is 6.48. The zero-order valence-electron chi connectivity index (χ0n) is 21.2. The first-order chi connectivity index (χ1) is 20.0. The van der Waals surface area contributed by atoms with Gasteiger partial charge in [0, 0.05) is 23.9 Å². The van der Waals surface area contributed by atoms with Crippen molar-refractivity contribution < 1.29 is 45.3 Å². The maximum atomic E-state index is 15.3. The molecule has 216 valence electrons. The summed E-state index contributed by atoms with van der Waals surface area (Å²) in [6, 6.07) is 15.0. The van der Waals surface area contributed by atoms with Gasteiger partial charge in [-0.3, -0.25) is 0 Å². The molecule has 8 nitrogen and oxygen atoms in total. The summed E-state index contributed by atoms with van der Waals surface area (Å²) in [6.45, 7) is -1.70. The van der Waals surface area contributed by atoms with Crippen LogP contribution in [0.1, 0.15) is 5.56 Å². The van der Waals surface area contributed by atoms with Crippen LogP contribution in [0, 0.1) is 17.5 Å². The van der Waals surface area contributed by atoms with E-state index in [1.54, 1.807) is 30.3 Å². The fraction of sp³-hybridized carbons (Fsp3) is 0.107. The number of halogens is 6. The topological polar surface area (TPSA) is 101 Å². The van der Waals surface area contributed by atoms with E-state index in [0.29, 0.717) is 12.1 Å². The van der Waals surface area contributed by atoms with Crippen LogP contribution in [-0.4, -0.2) is 33.4 Å². The maximum Gasteiger partial charge on any atom is 0.422 e. The Morgan fingerprint density at radius 3 is 2.24 bits per heavy atom. The van der Waals surface area contributed by atoms with Gasteiger partial charge in [-0.05, 0) is 23.8 Å². The highest BCUT2D eigenvalue weighted by Gasteiger charge is 2.30. The number of amides is 1. The lowest BCUT2D eigenvalue weighted by Gasteiger charge is -2.16. The van der Waals surface area contributed by atoms with Gasteiger partial charge >= 0.3 is 12.3 Å². The highest BCUT2D eigenvalue weighted by molar-refractivity contribution is 5.90. The molecule has 0 unspecified atom stereocenters. The van der Waals surface area contributed by atoms with Crippen LogP contribution in [0.5, 0.6) is 17.4 Å². The van der Waals surface area contributed by atoms with Crippen molar-refractivity contribution in [3.05, 3.63) is 96.1 Å². The lowest BCUT2D eigenvalue weighted by atomic mass is 10.1. The van der Waals surface area contributed by atoms with Crippen molar-refractivity contribution in [3.8, 4) is 34.3 Å². The number of hydrogen-bond acceptors (Lipinski definition) is 6. The Labute approximate surface area is 232 Å². The number of ether oxygens (including phenoxy) is 3. The molecule has 0 aliphatic rings. The molecule has 2 aromatic heterocycles. The van der Waals surface area contributed by atoms with Crippen LogP contribution in [-0.2, 0) is 6.61 Å². The lowest BCUT2D eigenvalue weighted by Crippen LogP contribution is -2.20. The number of nitrogens with zero attached hydrogens (tertiary/aromatic N) is 3. The van der Waals surface area contributed by atoms with E-state index in [4.69, 9.17) is 15.2 Å². The molecular formula is C28H18F6N4O4. The number of carbonyl (C=O) groups excluding carboxylic acids is 1. The summed E-state index contributed by atoms with van der Waals surface area (Å²) < 4.78 is 101. The summed E-state index contributed by atoms with van der Waals surface area (Å²) in [4.78, 5) is 18.8. The van der Waals surface area contributed by atoms with Crippen LogP contribution in [0.2, 0.25) is 0 Å². The third-order valence-corrected chi connectivity index (χ3v) is 5.83. The third kappa shape index (κ3) is 6.06. The summed E-state index contributed by atoms with van der Waals surface area (Å²) >= 11 is 0. The fourth-order valence-corrected chi connectivity index (χ4v) is 4.16. The first kappa shape index (κ1) is 28.3. The average Bonchev–Trinajstić information content (AvgIpc) is 3.30. The van der Waals surface area contributed by atoms with Crippen molar-refractivity contribution in [1.82, 2.24) is 14.5 Å². The van der Waals surface area contributed by atoms with Gasteiger partial charge in [0.25, 0.3) is 0 Å². The molecule has 0 spiro atoms. The van der Waals surface area contributed by atoms with Gasteiger partial charge in [-0.25, -0.2) is 22.9 Å². The second kappa shape index (κ2) is 11.3. The lowest BCUT2D eigenvalue weighted by molar-refractivity contribution is -0.153. The zero-order chi connectivity index (χ0) is 30.0. The van der Waals surface area contributed by atoms with Crippen molar-refractivity contribution in [2.45, 2.75) is 12.8 Å². The van der Waals surface area contributed by atoms with Crippen LogP contribution in [0.15, 0.2) is 73.1 Å².